The Labute approximate surface area is 368 Å². The highest BCUT2D eigenvalue weighted by Crippen LogP contribution is 2.46. The molecule has 0 bridgehead atoms. The standard InChI is InChI=1S/C45H33N3S9/c1-4-25-7-10-28(49-25)31-13-16-34(52-31)37-19-22-40(55-37)43-46-44(41-23-20-38(56-41)35-17-14-32(53-35)29-11-8-26(5-2)50-29)48-45(47-43)42-24-21-39(57-42)36-18-15-33(54-36)30-12-9-27(6-3)51-30/h7-24H,4-6H2,1-3H3. The summed E-state index contributed by atoms with van der Waals surface area (Å²) in [5.41, 5.74) is 0. The number of aryl methyl sites for hydroxylation is 3. The van der Waals surface area contributed by atoms with Gasteiger partial charge in [-0.05, 0) is 128 Å². The minimum absolute atomic E-state index is 0.712. The molecule has 0 aliphatic heterocycles. The first kappa shape index (κ1) is 37.6. The highest BCUT2D eigenvalue weighted by atomic mass is 32.1. The molecule has 0 fully saturated rings. The van der Waals surface area contributed by atoms with Crippen LogP contribution in [0.25, 0.3) is 90.6 Å². The van der Waals surface area contributed by atoms with Crippen LogP contribution in [0.1, 0.15) is 35.4 Å². The predicted octanol–water partition coefficient (Wildman–Crippen LogP) is 17.1. The van der Waals surface area contributed by atoms with Gasteiger partial charge in [0.1, 0.15) is 0 Å². The van der Waals surface area contributed by atoms with E-state index in [9.17, 15) is 0 Å². The highest BCUT2D eigenvalue weighted by Gasteiger charge is 2.19. The molecule has 0 aliphatic carbocycles. The largest absolute Gasteiger partial charge is 0.206 e. The predicted molar refractivity (Wildman–Crippen MR) is 258 cm³/mol. The minimum Gasteiger partial charge on any atom is -0.206 e. The monoisotopic (exact) mass is 903 g/mol. The van der Waals surface area contributed by atoms with Crippen molar-refractivity contribution >= 4 is 102 Å². The summed E-state index contributed by atoms with van der Waals surface area (Å²) in [6.45, 7) is 6.65. The maximum atomic E-state index is 5.17. The summed E-state index contributed by atoms with van der Waals surface area (Å²) in [5.74, 6) is 2.14. The Bertz CT molecular complexity index is 2640. The number of rotatable bonds is 12. The smallest absolute Gasteiger partial charge is 0.174 e. The Morgan fingerprint density at radius 3 is 0.632 bits per heavy atom. The van der Waals surface area contributed by atoms with Crippen molar-refractivity contribution in [2.45, 2.75) is 40.0 Å². The maximum absolute atomic E-state index is 5.17. The van der Waals surface area contributed by atoms with Crippen molar-refractivity contribution in [3.63, 3.8) is 0 Å². The Morgan fingerprint density at radius 1 is 0.246 bits per heavy atom. The van der Waals surface area contributed by atoms with Crippen molar-refractivity contribution < 1.29 is 0 Å². The van der Waals surface area contributed by atoms with E-state index in [-0.39, 0.29) is 0 Å². The molecule has 12 heteroatoms. The van der Waals surface area contributed by atoms with Gasteiger partial charge in [-0.2, -0.15) is 0 Å². The second-order valence-corrected chi connectivity index (χ2v) is 23.2. The number of aromatic nitrogens is 3. The lowest BCUT2D eigenvalue weighted by atomic mass is 10.3. The van der Waals surface area contributed by atoms with Crippen LogP contribution < -0.4 is 0 Å². The average Bonchev–Trinajstić information content (AvgIpc) is 4.09. The van der Waals surface area contributed by atoms with Crippen LogP contribution in [-0.2, 0) is 19.3 Å². The Hall–Kier alpha value is -3.69. The van der Waals surface area contributed by atoms with Gasteiger partial charge in [0.25, 0.3) is 0 Å². The molecule has 0 amide bonds. The van der Waals surface area contributed by atoms with Crippen LogP contribution in [0.15, 0.2) is 109 Å². The number of thiophene rings is 9. The van der Waals surface area contributed by atoms with E-state index in [0.29, 0.717) is 17.5 Å². The molecule has 0 aromatic carbocycles. The topological polar surface area (TPSA) is 38.7 Å². The van der Waals surface area contributed by atoms with Gasteiger partial charge in [0.2, 0.25) is 0 Å². The summed E-state index contributed by atoms with van der Waals surface area (Å²) in [6.07, 6.45) is 3.21. The van der Waals surface area contributed by atoms with Crippen LogP contribution in [0.5, 0.6) is 0 Å². The van der Waals surface area contributed by atoms with Gasteiger partial charge < -0.3 is 0 Å². The lowest BCUT2D eigenvalue weighted by molar-refractivity contribution is 1.09. The molecular weight excluding hydrogens is 871 g/mol. The van der Waals surface area contributed by atoms with Crippen LogP contribution in [0.2, 0.25) is 0 Å². The molecule has 0 aliphatic rings. The van der Waals surface area contributed by atoms with E-state index in [0.717, 1.165) is 33.9 Å². The Morgan fingerprint density at radius 2 is 0.421 bits per heavy atom. The van der Waals surface area contributed by atoms with E-state index in [1.165, 1.54) is 73.2 Å². The first-order chi connectivity index (χ1) is 28.0. The van der Waals surface area contributed by atoms with Crippen molar-refractivity contribution in [2.24, 2.45) is 0 Å². The fourth-order valence-electron chi connectivity index (χ4n) is 6.39. The van der Waals surface area contributed by atoms with Crippen LogP contribution in [0, 0.1) is 0 Å². The fraction of sp³-hybridized carbons (Fsp3) is 0.133. The second-order valence-electron chi connectivity index (χ2n) is 13.1. The van der Waals surface area contributed by atoms with Crippen molar-refractivity contribution in [3.05, 3.63) is 124 Å². The molecule has 0 N–H and O–H groups in total. The third kappa shape index (κ3) is 7.68. The molecule has 282 valence electrons. The molecule has 10 heterocycles. The van der Waals surface area contributed by atoms with Crippen LogP contribution >= 0.6 is 102 Å². The maximum Gasteiger partial charge on any atom is 0.174 e. The summed E-state index contributed by atoms with van der Waals surface area (Å²) in [6, 6.07) is 40.2. The summed E-state index contributed by atoms with van der Waals surface area (Å²) in [4.78, 5) is 38.3. The minimum atomic E-state index is 0.712. The molecule has 0 radical (unpaired) electrons. The van der Waals surface area contributed by atoms with Gasteiger partial charge >= 0.3 is 0 Å². The van der Waals surface area contributed by atoms with Gasteiger partial charge in [-0.15, -0.1) is 102 Å². The van der Waals surface area contributed by atoms with Gasteiger partial charge in [0, 0.05) is 73.2 Å². The number of hydrogen-bond donors (Lipinski definition) is 0. The van der Waals surface area contributed by atoms with Crippen LogP contribution in [0.3, 0.4) is 0 Å². The molecule has 0 saturated heterocycles. The molecule has 0 atom stereocenters. The Balaban J connectivity index is 0.993. The fourth-order valence-corrected chi connectivity index (χ4v) is 15.6. The van der Waals surface area contributed by atoms with Gasteiger partial charge in [-0.25, -0.2) is 15.0 Å². The summed E-state index contributed by atoms with van der Waals surface area (Å²) in [5, 5.41) is 0. The SMILES string of the molecule is CCc1ccc(-c2ccc(-c3ccc(-c4nc(-c5ccc(-c6ccc(-c7ccc(CC)s7)s6)s5)nc(-c5ccc(-c6ccc(-c7ccc(CC)s7)s6)s5)n4)s3)s2)s1. The normalized spacial score (nSPS) is 11.6. The summed E-state index contributed by atoms with van der Waals surface area (Å²) < 4.78 is 0. The molecule has 0 spiro atoms. The quantitative estimate of drug-likeness (QED) is 0.123. The van der Waals surface area contributed by atoms with Crippen molar-refractivity contribution in [1.29, 1.82) is 0 Å². The molecule has 0 saturated carbocycles. The zero-order valence-electron chi connectivity index (χ0n) is 31.0. The number of hydrogen-bond acceptors (Lipinski definition) is 12. The van der Waals surface area contributed by atoms with Crippen molar-refractivity contribution in [2.75, 3.05) is 0 Å². The lowest BCUT2D eigenvalue weighted by Gasteiger charge is -2.04. The van der Waals surface area contributed by atoms with E-state index in [1.807, 2.05) is 68.0 Å². The van der Waals surface area contributed by atoms with Crippen LogP contribution in [-0.4, -0.2) is 15.0 Å². The summed E-state index contributed by atoms with van der Waals surface area (Å²) >= 11 is 16.5. The third-order valence-electron chi connectivity index (χ3n) is 9.42. The molecule has 10 aromatic rings. The van der Waals surface area contributed by atoms with Crippen LogP contribution in [0.4, 0.5) is 0 Å². The molecule has 0 unspecified atom stereocenters. The Kier molecular flexibility index (Phi) is 10.7. The lowest BCUT2D eigenvalue weighted by Crippen LogP contribution is -1.97. The van der Waals surface area contributed by atoms with Gasteiger partial charge in [0.15, 0.2) is 17.5 Å². The van der Waals surface area contributed by atoms with E-state index in [1.54, 1.807) is 34.0 Å². The molecular formula is C45H33N3S9. The van der Waals surface area contributed by atoms with Crippen molar-refractivity contribution in [3.8, 4) is 90.6 Å². The van der Waals surface area contributed by atoms with Gasteiger partial charge in [-0.1, -0.05) is 20.8 Å². The molecule has 3 nitrogen and oxygen atoms in total. The average molecular weight is 904 g/mol. The second kappa shape index (κ2) is 16.2. The number of nitrogens with zero attached hydrogens (tertiary/aromatic N) is 3. The first-order valence-electron chi connectivity index (χ1n) is 18.6. The third-order valence-corrected chi connectivity index (χ3v) is 20.8. The van der Waals surface area contributed by atoms with Gasteiger partial charge in [-0.3, -0.25) is 0 Å². The zero-order chi connectivity index (χ0) is 38.5. The van der Waals surface area contributed by atoms with Crippen molar-refractivity contribution in [1.82, 2.24) is 15.0 Å². The van der Waals surface area contributed by atoms with E-state index in [2.05, 4.69) is 130 Å². The zero-order valence-corrected chi connectivity index (χ0v) is 38.4. The highest BCUT2D eigenvalue weighted by molar-refractivity contribution is 7.29. The molecule has 10 rings (SSSR count). The van der Waals surface area contributed by atoms with Gasteiger partial charge in [0.05, 0.1) is 14.6 Å². The summed E-state index contributed by atoms with van der Waals surface area (Å²) in [7, 11) is 0. The van der Waals surface area contributed by atoms with E-state index >= 15 is 0 Å². The molecule has 57 heavy (non-hydrogen) atoms. The van der Waals surface area contributed by atoms with E-state index in [4.69, 9.17) is 15.0 Å². The molecule has 10 aromatic heterocycles. The first-order valence-corrected chi connectivity index (χ1v) is 26.0. The van der Waals surface area contributed by atoms with E-state index < -0.39 is 0 Å².